The second-order valence-corrected chi connectivity index (χ2v) is 7.71. The molecule has 0 saturated carbocycles. The lowest BCUT2D eigenvalue weighted by Gasteiger charge is -2.32. The number of piperidine rings is 1. The summed E-state index contributed by atoms with van der Waals surface area (Å²) in [6.07, 6.45) is 5.34. The van der Waals surface area contributed by atoms with Crippen LogP contribution < -0.4 is 10.2 Å². The van der Waals surface area contributed by atoms with Crippen molar-refractivity contribution < 1.29 is 0 Å². The summed E-state index contributed by atoms with van der Waals surface area (Å²) in [6.45, 7) is 2.66. The summed E-state index contributed by atoms with van der Waals surface area (Å²) in [5.74, 6) is 2.37. The molecule has 0 atom stereocenters. The highest BCUT2D eigenvalue weighted by atomic mass is 35.5. The molecule has 0 unspecified atom stereocenters. The van der Waals surface area contributed by atoms with Gasteiger partial charge in [-0.25, -0.2) is 4.98 Å². The largest absolute Gasteiger partial charge is 0.366 e. The number of nitrogens with one attached hydrogen (secondary N) is 1. The summed E-state index contributed by atoms with van der Waals surface area (Å²) in [5.41, 5.74) is 2.49. The Morgan fingerprint density at radius 2 is 1.71 bits per heavy atom. The van der Waals surface area contributed by atoms with Crippen LogP contribution in [0.25, 0.3) is 0 Å². The zero-order valence-corrected chi connectivity index (χ0v) is 16.6. The molecule has 28 heavy (non-hydrogen) atoms. The van der Waals surface area contributed by atoms with Crippen LogP contribution in [0.5, 0.6) is 0 Å². The number of anilines is 2. The molecule has 2 aromatic carbocycles. The fourth-order valence-corrected chi connectivity index (χ4v) is 3.91. The van der Waals surface area contributed by atoms with Crippen molar-refractivity contribution in [3.63, 3.8) is 0 Å². The van der Waals surface area contributed by atoms with Gasteiger partial charge in [0.25, 0.3) is 0 Å². The second kappa shape index (κ2) is 9.07. The fourth-order valence-electron chi connectivity index (χ4n) is 3.71. The topological polar surface area (TPSA) is 41.1 Å². The Balaban J connectivity index is 1.33. The maximum absolute atomic E-state index is 6.23. The minimum Gasteiger partial charge on any atom is -0.366 e. The van der Waals surface area contributed by atoms with Gasteiger partial charge in [-0.15, -0.1) is 0 Å². The molecule has 2 heterocycles. The first-order valence-electron chi connectivity index (χ1n) is 9.87. The maximum Gasteiger partial charge on any atom is 0.227 e. The third-order valence-corrected chi connectivity index (χ3v) is 5.69. The van der Waals surface area contributed by atoms with E-state index in [0.29, 0.717) is 6.54 Å². The summed E-state index contributed by atoms with van der Waals surface area (Å²) in [6, 6.07) is 20.5. The van der Waals surface area contributed by atoms with Gasteiger partial charge < -0.3 is 10.2 Å². The van der Waals surface area contributed by atoms with Crippen LogP contribution in [0.15, 0.2) is 66.9 Å². The Labute approximate surface area is 171 Å². The van der Waals surface area contributed by atoms with Gasteiger partial charge in [0.05, 0.1) is 0 Å². The van der Waals surface area contributed by atoms with Crippen LogP contribution in [0.4, 0.5) is 11.8 Å². The fraction of sp³-hybridized carbons (Fsp3) is 0.304. The van der Waals surface area contributed by atoms with E-state index < -0.39 is 0 Å². The van der Waals surface area contributed by atoms with Gasteiger partial charge in [-0.05, 0) is 48.4 Å². The van der Waals surface area contributed by atoms with Crippen LogP contribution in [0.2, 0.25) is 5.02 Å². The van der Waals surface area contributed by atoms with Crippen molar-refractivity contribution in [3.8, 4) is 0 Å². The molecule has 1 saturated heterocycles. The number of benzene rings is 2. The summed E-state index contributed by atoms with van der Waals surface area (Å²) in [7, 11) is 0. The van der Waals surface area contributed by atoms with Crippen molar-refractivity contribution in [1.82, 2.24) is 9.97 Å². The Morgan fingerprint density at radius 3 is 2.50 bits per heavy atom. The van der Waals surface area contributed by atoms with E-state index >= 15 is 0 Å². The predicted octanol–water partition coefficient (Wildman–Crippen LogP) is 5.20. The Kier molecular flexibility index (Phi) is 6.07. The zero-order valence-electron chi connectivity index (χ0n) is 15.9. The maximum atomic E-state index is 6.23. The van der Waals surface area contributed by atoms with Crippen LogP contribution in [-0.4, -0.2) is 23.1 Å². The molecule has 5 heteroatoms. The third kappa shape index (κ3) is 4.82. The van der Waals surface area contributed by atoms with Crippen molar-refractivity contribution >= 4 is 23.4 Å². The minimum absolute atomic E-state index is 0.648. The summed E-state index contributed by atoms with van der Waals surface area (Å²) in [5, 5.41) is 4.13. The van der Waals surface area contributed by atoms with E-state index in [0.717, 1.165) is 47.8 Å². The van der Waals surface area contributed by atoms with E-state index in [1.807, 2.05) is 36.5 Å². The lowest BCUT2D eigenvalue weighted by Crippen LogP contribution is -2.35. The van der Waals surface area contributed by atoms with Crippen LogP contribution in [0.3, 0.4) is 0 Å². The molecular weight excluding hydrogens is 368 g/mol. The number of halogens is 1. The second-order valence-electron chi connectivity index (χ2n) is 7.31. The Bertz CT molecular complexity index is 892. The third-order valence-electron chi connectivity index (χ3n) is 5.33. The van der Waals surface area contributed by atoms with E-state index in [4.69, 9.17) is 16.6 Å². The summed E-state index contributed by atoms with van der Waals surface area (Å²) in [4.78, 5) is 11.5. The van der Waals surface area contributed by atoms with Gasteiger partial charge in [0, 0.05) is 30.9 Å². The van der Waals surface area contributed by atoms with Gasteiger partial charge in [0.15, 0.2) is 0 Å². The number of aromatic nitrogens is 2. The first-order chi connectivity index (χ1) is 13.8. The number of hydrogen-bond donors (Lipinski definition) is 1. The van der Waals surface area contributed by atoms with Crippen molar-refractivity contribution in [2.75, 3.05) is 23.3 Å². The van der Waals surface area contributed by atoms with Crippen LogP contribution in [-0.2, 0) is 13.0 Å². The molecule has 1 aliphatic heterocycles. The lowest BCUT2D eigenvalue weighted by atomic mass is 9.90. The first-order valence-corrected chi connectivity index (χ1v) is 10.2. The molecule has 1 fully saturated rings. The normalized spacial score (nSPS) is 14.8. The van der Waals surface area contributed by atoms with Gasteiger partial charge in [0.2, 0.25) is 5.95 Å². The van der Waals surface area contributed by atoms with Crippen molar-refractivity contribution in [2.45, 2.75) is 25.8 Å². The molecule has 3 aromatic rings. The van der Waals surface area contributed by atoms with Gasteiger partial charge in [0.1, 0.15) is 5.82 Å². The van der Waals surface area contributed by atoms with Gasteiger partial charge >= 0.3 is 0 Å². The van der Waals surface area contributed by atoms with Crippen LogP contribution >= 0.6 is 11.6 Å². The van der Waals surface area contributed by atoms with Crippen molar-refractivity contribution in [1.29, 1.82) is 0 Å². The van der Waals surface area contributed by atoms with Gasteiger partial charge in [-0.1, -0.05) is 60.1 Å². The van der Waals surface area contributed by atoms with E-state index in [2.05, 4.69) is 45.5 Å². The number of hydrogen-bond acceptors (Lipinski definition) is 4. The standard InChI is InChI=1S/C23H25ClN4/c24-21-9-5-4-8-20(21)17-26-22-10-13-25-23(27-22)28-14-11-19(12-15-28)16-18-6-2-1-3-7-18/h1-10,13,19H,11-12,14-17H2,(H,25,26,27). The summed E-state index contributed by atoms with van der Waals surface area (Å²) >= 11 is 6.23. The van der Waals surface area contributed by atoms with Crippen molar-refractivity contribution in [3.05, 3.63) is 83.0 Å². The van der Waals surface area contributed by atoms with E-state index in [1.165, 1.54) is 18.4 Å². The van der Waals surface area contributed by atoms with E-state index in [1.54, 1.807) is 0 Å². The first kappa shape index (κ1) is 18.8. The SMILES string of the molecule is Clc1ccccc1CNc1ccnc(N2CCC(Cc3ccccc3)CC2)n1. The van der Waals surface area contributed by atoms with E-state index in [-0.39, 0.29) is 0 Å². The lowest BCUT2D eigenvalue weighted by molar-refractivity contribution is 0.400. The molecule has 1 N–H and O–H groups in total. The molecule has 0 spiro atoms. The van der Waals surface area contributed by atoms with Gasteiger partial charge in [-0.3, -0.25) is 0 Å². The van der Waals surface area contributed by atoms with Gasteiger partial charge in [-0.2, -0.15) is 4.98 Å². The molecule has 144 valence electrons. The number of rotatable bonds is 6. The summed E-state index contributed by atoms with van der Waals surface area (Å²) < 4.78 is 0. The molecule has 0 amide bonds. The zero-order chi connectivity index (χ0) is 19.2. The van der Waals surface area contributed by atoms with E-state index in [9.17, 15) is 0 Å². The molecule has 4 rings (SSSR count). The highest BCUT2D eigenvalue weighted by molar-refractivity contribution is 6.31. The Hall–Kier alpha value is -2.59. The Morgan fingerprint density at radius 1 is 0.964 bits per heavy atom. The predicted molar refractivity (Wildman–Crippen MR) is 116 cm³/mol. The quantitative estimate of drug-likeness (QED) is 0.625. The average molecular weight is 393 g/mol. The highest BCUT2D eigenvalue weighted by Gasteiger charge is 2.21. The molecule has 1 aromatic heterocycles. The highest BCUT2D eigenvalue weighted by Crippen LogP contribution is 2.24. The van der Waals surface area contributed by atoms with Crippen LogP contribution in [0.1, 0.15) is 24.0 Å². The molecule has 0 bridgehead atoms. The minimum atomic E-state index is 0.648. The monoisotopic (exact) mass is 392 g/mol. The molecule has 1 aliphatic rings. The number of nitrogens with zero attached hydrogens (tertiary/aromatic N) is 3. The molecule has 0 aliphatic carbocycles. The average Bonchev–Trinajstić information content (AvgIpc) is 2.75. The molecular formula is C23H25ClN4. The van der Waals surface area contributed by atoms with Crippen LogP contribution in [0, 0.1) is 5.92 Å². The smallest absolute Gasteiger partial charge is 0.227 e. The van der Waals surface area contributed by atoms with Crippen molar-refractivity contribution in [2.24, 2.45) is 5.92 Å². The molecule has 0 radical (unpaired) electrons. The molecule has 4 nitrogen and oxygen atoms in total.